The van der Waals surface area contributed by atoms with Crippen LogP contribution in [0.25, 0.3) is 11.2 Å². The van der Waals surface area contributed by atoms with Gasteiger partial charge < -0.3 is 55.6 Å². The molecule has 3 heterocycles. The third-order valence-electron chi connectivity index (χ3n) is 8.58. The Kier molecular flexibility index (Phi) is 17.3. The molecule has 2 aromatic heterocycles. The van der Waals surface area contributed by atoms with Crippen LogP contribution in [0.1, 0.15) is 27.2 Å². The van der Waals surface area contributed by atoms with Crippen molar-refractivity contribution < 1.29 is 85.2 Å². The molecule has 1 aromatic carbocycles. The van der Waals surface area contributed by atoms with Crippen LogP contribution in [0.3, 0.4) is 0 Å². The van der Waals surface area contributed by atoms with E-state index in [1.807, 2.05) is 18.2 Å². The van der Waals surface area contributed by atoms with Crippen molar-refractivity contribution in [2.45, 2.75) is 57.3 Å². The number of benzene rings is 1. The topological polar surface area (TPSA) is 373 Å². The fourth-order valence-electron chi connectivity index (χ4n) is 5.45. The highest BCUT2D eigenvalue weighted by Crippen LogP contribution is 2.61. The number of ether oxygens (including phenoxy) is 2. The Balaban J connectivity index is 1.20. The Morgan fingerprint density at radius 1 is 1.05 bits per heavy atom. The minimum absolute atomic E-state index is 0.0150. The molecule has 25 nitrogen and oxygen atoms in total. The summed E-state index contributed by atoms with van der Waals surface area (Å²) in [5, 5.41) is 26.4. The molecule has 29 heteroatoms. The quantitative estimate of drug-likeness (QED) is 0.0354. The highest BCUT2D eigenvalue weighted by Gasteiger charge is 2.57. The van der Waals surface area contributed by atoms with E-state index in [-0.39, 0.29) is 54.0 Å². The van der Waals surface area contributed by atoms with E-state index in [2.05, 4.69) is 29.9 Å². The minimum atomic E-state index is -5.60. The van der Waals surface area contributed by atoms with Crippen LogP contribution in [0.2, 0.25) is 0 Å². The smallest absolute Gasteiger partial charge is 0.481 e. The van der Waals surface area contributed by atoms with Gasteiger partial charge in [-0.05, 0) is 31.2 Å². The Bertz CT molecular complexity index is 2180. The van der Waals surface area contributed by atoms with Crippen LogP contribution >= 0.6 is 35.2 Å². The van der Waals surface area contributed by atoms with Crippen molar-refractivity contribution in [1.82, 2.24) is 30.2 Å². The molecule has 1 fully saturated rings. The molecule has 0 spiro atoms. The van der Waals surface area contributed by atoms with Crippen molar-refractivity contribution in [1.29, 1.82) is 0 Å². The summed E-state index contributed by atoms with van der Waals surface area (Å²) in [6, 6.07) is 9.05. The number of rotatable bonds is 23. The maximum atomic E-state index is 12.8. The Morgan fingerprint density at radius 2 is 1.74 bits per heavy atom. The molecular weight excluding hydrogens is 895 g/mol. The summed E-state index contributed by atoms with van der Waals surface area (Å²) < 4.78 is 68.2. The molecular formula is C32H46N7O18P3S. The van der Waals surface area contributed by atoms with Crippen molar-refractivity contribution >= 4 is 69.1 Å². The number of phosphoric ester groups is 3. The summed E-state index contributed by atoms with van der Waals surface area (Å²) in [5.41, 5.74) is 2.28. The van der Waals surface area contributed by atoms with Gasteiger partial charge in [0.1, 0.15) is 48.6 Å². The summed E-state index contributed by atoms with van der Waals surface area (Å²) in [6.07, 6.45) is -2.64. The lowest BCUT2D eigenvalue weighted by Crippen LogP contribution is -2.46. The first-order chi connectivity index (χ1) is 28.4. The number of amides is 2. The summed E-state index contributed by atoms with van der Waals surface area (Å²) in [5.74, 6) is -0.575. The number of thioether (sulfide) groups is 1. The Hall–Kier alpha value is -3.68. The van der Waals surface area contributed by atoms with Gasteiger partial charge in [0.25, 0.3) is 0 Å². The van der Waals surface area contributed by atoms with Gasteiger partial charge in [-0.3, -0.25) is 32.5 Å². The number of carbonyl (C=O) groups is 3. The van der Waals surface area contributed by atoms with Crippen LogP contribution in [-0.2, 0) is 56.4 Å². The van der Waals surface area contributed by atoms with Crippen LogP contribution in [0.15, 0.2) is 55.1 Å². The minimum Gasteiger partial charge on any atom is -0.490 e. The largest absolute Gasteiger partial charge is 0.490 e. The van der Waals surface area contributed by atoms with E-state index in [9.17, 15) is 57.9 Å². The third kappa shape index (κ3) is 14.7. The van der Waals surface area contributed by atoms with Crippen LogP contribution < -0.4 is 21.1 Å². The molecule has 0 radical (unpaired) electrons. The number of nitrogens with one attached hydrogen (secondary N) is 2. The number of hydrogen-bond donors (Lipinski definition) is 9. The number of para-hydroxylation sites is 1. The fourth-order valence-corrected chi connectivity index (χ4v) is 8.87. The number of nitrogens with zero attached hydrogens (tertiary/aromatic N) is 4. The van der Waals surface area contributed by atoms with Crippen LogP contribution in [0.4, 0.5) is 5.82 Å². The van der Waals surface area contributed by atoms with Crippen molar-refractivity contribution in [2.24, 2.45) is 5.41 Å². The first kappa shape index (κ1) is 50.0. The number of hydrogen-bond acceptors (Lipinski definition) is 19. The number of imidazole rings is 1. The molecule has 338 valence electrons. The lowest BCUT2D eigenvalue weighted by atomic mass is 9.87. The molecule has 3 aromatic rings. The zero-order valence-electron chi connectivity index (χ0n) is 32.7. The molecule has 10 N–H and O–H groups in total. The highest BCUT2D eigenvalue weighted by molar-refractivity contribution is 8.14. The van der Waals surface area contributed by atoms with E-state index in [0.717, 1.165) is 29.0 Å². The second-order valence-corrected chi connectivity index (χ2v) is 19.2. The normalized spacial score (nSPS) is 22.1. The molecule has 0 bridgehead atoms. The van der Waals surface area contributed by atoms with Gasteiger partial charge in [0, 0.05) is 30.7 Å². The Morgan fingerprint density at radius 3 is 2.43 bits per heavy atom. The molecule has 61 heavy (non-hydrogen) atoms. The average molecular weight is 942 g/mol. The number of anilines is 1. The lowest BCUT2D eigenvalue weighted by molar-refractivity contribution is -0.137. The molecule has 1 saturated heterocycles. The summed E-state index contributed by atoms with van der Waals surface area (Å²) in [7, 11) is -16.5. The summed E-state index contributed by atoms with van der Waals surface area (Å²) >= 11 is 0.974. The van der Waals surface area contributed by atoms with Gasteiger partial charge >= 0.3 is 23.5 Å². The Labute approximate surface area is 351 Å². The average Bonchev–Trinajstić information content (AvgIpc) is 3.72. The van der Waals surface area contributed by atoms with Gasteiger partial charge in [0.05, 0.1) is 19.5 Å². The monoisotopic (exact) mass is 941 g/mol. The van der Waals surface area contributed by atoms with Gasteiger partial charge in [0.2, 0.25) is 16.9 Å². The van der Waals surface area contributed by atoms with Gasteiger partial charge in [-0.15, -0.1) is 0 Å². The van der Waals surface area contributed by atoms with Crippen molar-refractivity contribution in [3.05, 3.63) is 55.1 Å². The molecule has 7 unspecified atom stereocenters. The van der Waals surface area contributed by atoms with Crippen molar-refractivity contribution in [3.63, 3.8) is 0 Å². The van der Waals surface area contributed by atoms with E-state index in [0.29, 0.717) is 5.75 Å². The van der Waals surface area contributed by atoms with E-state index >= 15 is 0 Å². The maximum absolute atomic E-state index is 12.8. The maximum Gasteiger partial charge on any atom is 0.481 e. The highest BCUT2D eigenvalue weighted by atomic mass is 32.2. The number of carbonyl (C=O) groups excluding carboxylic acids is 3. The first-order valence-electron chi connectivity index (χ1n) is 17.9. The van der Waals surface area contributed by atoms with E-state index in [1.54, 1.807) is 18.2 Å². The van der Waals surface area contributed by atoms with Gasteiger partial charge in [0.15, 0.2) is 17.2 Å². The predicted octanol–water partition coefficient (Wildman–Crippen LogP) is 0.474. The third-order valence-corrected chi connectivity index (χ3v) is 12.5. The van der Waals surface area contributed by atoms with Gasteiger partial charge in [-0.1, -0.05) is 43.8 Å². The molecule has 4 rings (SSSR count). The van der Waals surface area contributed by atoms with E-state index in [1.165, 1.54) is 26.8 Å². The van der Waals surface area contributed by atoms with Gasteiger partial charge in [-0.2, -0.15) is 4.31 Å². The second kappa shape index (κ2) is 21.1. The van der Waals surface area contributed by atoms with Crippen molar-refractivity contribution in [3.8, 4) is 5.75 Å². The first-order valence-corrected chi connectivity index (χ1v) is 23.4. The number of aliphatic hydroxyl groups is 2. The van der Waals surface area contributed by atoms with Crippen molar-refractivity contribution in [2.75, 3.05) is 44.4 Å². The zero-order valence-corrected chi connectivity index (χ0v) is 36.2. The zero-order chi connectivity index (χ0) is 45.2. The molecule has 0 aliphatic carbocycles. The molecule has 0 saturated carbocycles. The number of fused-ring (bicyclic) bond motifs is 1. The fraction of sp³-hybridized carbons (Fsp3) is 0.500. The van der Waals surface area contributed by atoms with Crippen LogP contribution in [0, 0.1) is 5.41 Å². The summed E-state index contributed by atoms with van der Waals surface area (Å²) in [6.45, 7) is 1.81. The van der Waals surface area contributed by atoms with E-state index in [4.69, 9.17) is 28.8 Å². The predicted molar refractivity (Wildman–Crippen MR) is 213 cm³/mol. The number of nitrogens with two attached hydrogens (primary N) is 1. The SMILES string of the molecule is CC(C)(COP(=O)(O)OP(=O)(O)OCC1OC(C)(n2cnc3c(N)ncnc32)C(O)C1OP(=O)(O)O)C(O)C(=O)NCCC(=O)NCCSC(=O)C=CCOc1ccccc1. The van der Waals surface area contributed by atoms with Gasteiger partial charge in [-0.25, -0.2) is 28.6 Å². The number of aromatic nitrogens is 4. The van der Waals surface area contributed by atoms with Crippen LogP contribution in [-0.4, -0.2) is 129 Å². The van der Waals surface area contributed by atoms with Crippen LogP contribution in [0.5, 0.6) is 5.75 Å². The molecule has 7 atom stereocenters. The molecule has 1 aliphatic rings. The lowest BCUT2D eigenvalue weighted by Gasteiger charge is -2.30. The number of nitrogen functional groups attached to an aromatic ring is 1. The summed E-state index contributed by atoms with van der Waals surface area (Å²) in [4.78, 5) is 88.2. The standard InChI is InChI=1S/C32H46N7O18P3S/c1-31(2,27(43)30(44)35-12-11-22(40)34-13-15-61-23(41)10-7-14-52-20-8-5-4-6-9-20)17-54-60(50,51)57-59(48,49)53-16-21-25(56-58(45,46)47)26(42)32(3,55-21)39-19-38-24-28(33)36-18-37-29(24)39/h4-10,18-19,21,25-27,42-43H,11-17H2,1-3H3,(H,34,40)(H,35,44)(H,48,49)(H,50,51)(H2,33,36,37)(H2,45,46,47). The second-order valence-electron chi connectivity index (χ2n) is 13.8. The number of aliphatic hydroxyl groups excluding tert-OH is 2. The van der Waals surface area contributed by atoms with E-state index < -0.39 is 84.1 Å². The number of phosphoric acid groups is 3. The molecule has 1 aliphatic heterocycles. The molecule has 2 amide bonds.